The first-order valence-electron chi connectivity index (χ1n) is 13.9. The van der Waals surface area contributed by atoms with Gasteiger partial charge in [0.15, 0.2) is 0 Å². The fourth-order valence-corrected chi connectivity index (χ4v) is 10.4. The van der Waals surface area contributed by atoms with Crippen LogP contribution in [0.25, 0.3) is 0 Å². The zero-order valence-corrected chi connectivity index (χ0v) is 21.8. The Morgan fingerprint density at radius 3 is 2.32 bits per heavy atom. The molecule has 2 bridgehead atoms. The second kappa shape index (κ2) is 7.35. The summed E-state index contributed by atoms with van der Waals surface area (Å²) >= 11 is 0. The van der Waals surface area contributed by atoms with E-state index in [4.69, 9.17) is 4.74 Å². The van der Waals surface area contributed by atoms with E-state index in [-0.39, 0.29) is 5.60 Å². The monoisotopic (exact) mass is 426 g/mol. The lowest BCUT2D eigenvalue weighted by Crippen LogP contribution is -2.75. The second-order valence-electron chi connectivity index (χ2n) is 13.7. The maximum atomic E-state index is 6.70. The number of hydrogen-bond acceptors (Lipinski definition) is 1. The van der Waals surface area contributed by atoms with Crippen LogP contribution in [0.5, 0.6) is 0 Å². The Morgan fingerprint density at radius 1 is 0.903 bits per heavy atom. The van der Waals surface area contributed by atoms with E-state index in [0.717, 1.165) is 41.4 Å². The summed E-state index contributed by atoms with van der Waals surface area (Å²) in [5, 5.41) is 0. The van der Waals surface area contributed by atoms with E-state index in [1.165, 1.54) is 51.4 Å². The molecule has 176 valence electrons. The van der Waals surface area contributed by atoms with Gasteiger partial charge in [-0.05, 0) is 105 Å². The van der Waals surface area contributed by atoms with Crippen molar-refractivity contribution in [3.8, 4) is 0 Å². The van der Waals surface area contributed by atoms with Gasteiger partial charge >= 0.3 is 0 Å². The van der Waals surface area contributed by atoms with Crippen LogP contribution in [-0.2, 0) is 4.74 Å². The van der Waals surface area contributed by atoms with Crippen molar-refractivity contribution in [1.82, 2.24) is 0 Å². The van der Waals surface area contributed by atoms with E-state index in [1.54, 1.807) is 5.57 Å². The molecule has 1 nitrogen and oxygen atoms in total. The third kappa shape index (κ3) is 2.90. The van der Waals surface area contributed by atoms with Crippen LogP contribution >= 0.6 is 0 Å². The first kappa shape index (κ1) is 22.5. The van der Waals surface area contributed by atoms with Gasteiger partial charge in [-0.25, -0.2) is 0 Å². The Morgan fingerprint density at radius 2 is 1.65 bits per heavy atom. The van der Waals surface area contributed by atoms with Gasteiger partial charge in [0.25, 0.3) is 0 Å². The molecule has 0 N–H and O–H groups in total. The minimum absolute atomic E-state index is 0.239. The summed E-state index contributed by atoms with van der Waals surface area (Å²) < 4.78 is 6.70. The summed E-state index contributed by atoms with van der Waals surface area (Å²) in [5.74, 6) is 6.68. The van der Waals surface area contributed by atoms with Crippen LogP contribution < -0.4 is 0 Å². The molecule has 2 aliphatic heterocycles. The maximum Gasteiger partial charge on any atom is 0.0792 e. The van der Waals surface area contributed by atoms with Crippen LogP contribution in [0.2, 0.25) is 0 Å². The van der Waals surface area contributed by atoms with Crippen LogP contribution in [-0.4, -0.2) is 11.7 Å². The molecule has 4 aliphatic carbocycles. The minimum Gasteiger partial charge on any atom is -0.370 e. The number of rotatable bonds is 4. The lowest BCUT2D eigenvalue weighted by Gasteiger charge is -2.73. The molecular formula is C30H50O. The first-order valence-corrected chi connectivity index (χ1v) is 13.9. The predicted molar refractivity (Wildman–Crippen MR) is 131 cm³/mol. The lowest BCUT2D eigenvalue weighted by atomic mass is 9.39. The van der Waals surface area contributed by atoms with Gasteiger partial charge in [-0.1, -0.05) is 60.1 Å². The third-order valence-electron chi connectivity index (χ3n) is 12.6. The Labute approximate surface area is 193 Å². The number of ether oxygens (including phenoxy) is 1. The van der Waals surface area contributed by atoms with E-state index in [0.29, 0.717) is 22.9 Å². The van der Waals surface area contributed by atoms with E-state index in [1.807, 2.05) is 0 Å². The van der Waals surface area contributed by atoms with E-state index in [2.05, 4.69) is 61.5 Å². The lowest BCUT2D eigenvalue weighted by molar-refractivity contribution is -0.371. The van der Waals surface area contributed by atoms with Crippen LogP contribution in [0.15, 0.2) is 11.6 Å². The molecule has 6 aliphatic rings. The molecule has 31 heavy (non-hydrogen) atoms. The topological polar surface area (TPSA) is 9.23 Å². The normalized spacial score (nSPS) is 53.3. The fraction of sp³-hybridized carbons (Fsp3) is 0.933. The molecule has 0 aromatic rings. The van der Waals surface area contributed by atoms with Crippen molar-refractivity contribution in [2.45, 2.75) is 118 Å². The molecule has 6 rings (SSSR count). The van der Waals surface area contributed by atoms with Gasteiger partial charge in [0.05, 0.1) is 11.7 Å². The summed E-state index contributed by atoms with van der Waals surface area (Å²) in [6.45, 7) is 20.0. The highest BCUT2D eigenvalue weighted by Crippen LogP contribution is 2.73. The minimum atomic E-state index is 0.239. The molecule has 0 radical (unpaired) electrons. The Bertz CT molecular complexity index is 737. The zero-order chi connectivity index (χ0) is 22.3. The zero-order valence-electron chi connectivity index (χ0n) is 21.8. The Balaban J connectivity index is 1.37. The fourth-order valence-electron chi connectivity index (χ4n) is 10.4. The van der Waals surface area contributed by atoms with Crippen molar-refractivity contribution in [1.29, 1.82) is 0 Å². The molecule has 0 aromatic heterocycles. The molecular weight excluding hydrogens is 376 g/mol. The van der Waals surface area contributed by atoms with Gasteiger partial charge in [0.2, 0.25) is 0 Å². The van der Waals surface area contributed by atoms with Crippen LogP contribution in [0.1, 0.15) is 107 Å². The van der Waals surface area contributed by atoms with Gasteiger partial charge in [-0.15, -0.1) is 0 Å². The van der Waals surface area contributed by atoms with Crippen LogP contribution in [0.3, 0.4) is 0 Å². The molecule has 0 amide bonds. The maximum absolute atomic E-state index is 6.70. The molecule has 11 atom stereocenters. The summed E-state index contributed by atoms with van der Waals surface area (Å²) in [7, 11) is 0. The van der Waals surface area contributed by atoms with Gasteiger partial charge in [0.1, 0.15) is 0 Å². The average Bonchev–Trinajstić information content (AvgIpc) is 3.09. The van der Waals surface area contributed by atoms with Gasteiger partial charge < -0.3 is 4.74 Å². The molecule has 4 saturated carbocycles. The van der Waals surface area contributed by atoms with Crippen molar-refractivity contribution >= 4 is 0 Å². The summed E-state index contributed by atoms with van der Waals surface area (Å²) in [5.41, 5.74) is 2.87. The Kier molecular flexibility index (Phi) is 5.33. The van der Waals surface area contributed by atoms with Gasteiger partial charge in [-0.3, -0.25) is 0 Å². The van der Waals surface area contributed by atoms with Crippen LogP contribution in [0, 0.1) is 58.2 Å². The highest BCUT2D eigenvalue weighted by Gasteiger charge is 2.72. The number of fused-ring (bicyclic) bond motifs is 4. The molecule has 0 aromatic carbocycles. The van der Waals surface area contributed by atoms with Crippen LogP contribution in [0.4, 0.5) is 0 Å². The quantitative estimate of drug-likeness (QED) is 0.411. The third-order valence-corrected chi connectivity index (χ3v) is 12.6. The van der Waals surface area contributed by atoms with Crippen molar-refractivity contribution in [3.05, 3.63) is 11.6 Å². The smallest absolute Gasteiger partial charge is 0.0792 e. The summed E-state index contributed by atoms with van der Waals surface area (Å²) in [6.07, 6.45) is 14.7. The molecule has 11 unspecified atom stereocenters. The molecule has 2 heterocycles. The van der Waals surface area contributed by atoms with Crippen molar-refractivity contribution in [3.63, 3.8) is 0 Å². The largest absolute Gasteiger partial charge is 0.370 e. The highest BCUT2D eigenvalue weighted by molar-refractivity contribution is 5.21. The molecule has 6 fully saturated rings. The molecule has 2 saturated heterocycles. The number of allylic oxidation sites excluding steroid dienone is 2. The average molecular weight is 427 g/mol. The van der Waals surface area contributed by atoms with Gasteiger partial charge in [0, 0.05) is 11.3 Å². The molecule has 1 heteroatoms. The van der Waals surface area contributed by atoms with Crippen molar-refractivity contribution < 1.29 is 4.74 Å². The van der Waals surface area contributed by atoms with E-state index >= 15 is 0 Å². The standard InChI is InChI=1S/C30H50O/c1-18(2)21(5)19(3)17-20(4)24-9-10-25-23-11-16-30-22(6)27(31-30)13-15-29(30,8)26(23)12-14-28(24,25)7/h17-18,20-27H,9-16H2,1-8H3. The summed E-state index contributed by atoms with van der Waals surface area (Å²) in [4.78, 5) is 0. The highest BCUT2D eigenvalue weighted by atomic mass is 16.5. The Hall–Kier alpha value is -0.300. The second-order valence-corrected chi connectivity index (χ2v) is 13.7. The SMILES string of the molecule is CC(=CC(C)C1CCC2C3CCC45OC(CCC4(C)C3CCC12C)C5C)C(C)C(C)C. The summed E-state index contributed by atoms with van der Waals surface area (Å²) in [6, 6.07) is 0. The number of hydrogen-bond donors (Lipinski definition) is 0. The van der Waals surface area contributed by atoms with Gasteiger partial charge in [-0.2, -0.15) is 0 Å². The molecule has 1 spiro atoms. The predicted octanol–water partition coefficient (Wildman–Crippen LogP) is 8.29. The van der Waals surface area contributed by atoms with E-state index < -0.39 is 0 Å². The van der Waals surface area contributed by atoms with E-state index in [9.17, 15) is 0 Å². The first-order chi connectivity index (χ1) is 14.5. The van der Waals surface area contributed by atoms with Crippen molar-refractivity contribution in [2.24, 2.45) is 58.2 Å². The van der Waals surface area contributed by atoms with Crippen molar-refractivity contribution in [2.75, 3.05) is 0 Å².